The summed E-state index contributed by atoms with van der Waals surface area (Å²) in [4.78, 5) is 33.4. The number of β-amino-alcohol motifs (C(OH)–C–C–N with tert-alkyl or cyclic N) is 1. The van der Waals surface area contributed by atoms with Gasteiger partial charge >= 0.3 is 0 Å². The van der Waals surface area contributed by atoms with Gasteiger partial charge in [0.2, 0.25) is 5.91 Å². The van der Waals surface area contributed by atoms with E-state index in [0.29, 0.717) is 17.9 Å². The quantitative estimate of drug-likeness (QED) is 0.538. The number of likely N-dealkylation sites (tertiary alicyclic amines) is 1. The number of rotatable bonds is 8. The lowest BCUT2D eigenvalue weighted by molar-refractivity contribution is -0.135. The minimum atomic E-state index is -0.637. The molecular weight excluding hydrogens is 442 g/mol. The topological polar surface area (TPSA) is 97.8 Å². The van der Waals surface area contributed by atoms with Gasteiger partial charge in [-0.05, 0) is 42.5 Å². The number of nitrogens with one attached hydrogen (secondary N) is 2. The summed E-state index contributed by atoms with van der Waals surface area (Å²) >= 11 is 0. The number of aliphatic hydroxyl groups excluding tert-OH is 1. The van der Waals surface area contributed by atoms with Crippen LogP contribution in [0.1, 0.15) is 48.2 Å². The third-order valence-electron chi connectivity index (χ3n) is 6.85. The number of fused-ring (bicyclic) bond motifs is 1. The molecule has 1 saturated heterocycles. The average Bonchev–Trinajstić information content (AvgIpc) is 2.87. The first-order valence-electron chi connectivity index (χ1n) is 12.7. The molecule has 0 aliphatic carbocycles. The molecule has 0 spiro atoms. The van der Waals surface area contributed by atoms with E-state index in [0.717, 1.165) is 45.4 Å². The Bertz CT molecular complexity index is 1020. The molecule has 2 amide bonds. The van der Waals surface area contributed by atoms with Gasteiger partial charge in [-0.3, -0.25) is 14.5 Å². The molecule has 8 nitrogen and oxygen atoms in total. The highest BCUT2D eigenvalue weighted by Gasteiger charge is 2.24. The van der Waals surface area contributed by atoms with E-state index in [9.17, 15) is 14.7 Å². The number of hydrogen-bond acceptors (Lipinski definition) is 6. The Kier molecular flexibility index (Phi) is 8.36. The van der Waals surface area contributed by atoms with Crippen molar-refractivity contribution in [2.45, 2.75) is 51.8 Å². The lowest BCUT2D eigenvalue weighted by Gasteiger charge is -2.33. The maximum absolute atomic E-state index is 12.7. The first kappa shape index (κ1) is 25.1. The zero-order valence-corrected chi connectivity index (χ0v) is 20.7. The molecule has 0 saturated carbocycles. The molecule has 35 heavy (non-hydrogen) atoms. The molecule has 3 N–H and O–H groups in total. The molecule has 2 aliphatic heterocycles. The molecule has 4 rings (SSSR count). The molecule has 2 aliphatic rings. The molecule has 1 atom stereocenters. The average molecular weight is 480 g/mol. The van der Waals surface area contributed by atoms with Gasteiger partial charge in [0.1, 0.15) is 5.82 Å². The minimum absolute atomic E-state index is 0.0199. The second-order valence-electron chi connectivity index (χ2n) is 9.95. The van der Waals surface area contributed by atoms with E-state index in [2.05, 4.69) is 38.7 Å². The predicted molar refractivity (Wildman–Crippen MR) is 136 cm³/mol. The Morgan fingerprint density at radius 2 is 1.86 bits per heavy atom. The number of hydrogen-bond donors (Lipinski definition) is 3. The van der Waals surface area contributed by atoms with Gasteiger partial charge in [-0.15, -0.1) is 0 Å². The van der Waals surface area contributed by atoms with Crippen LogP contribution < -0.4 is 10.6 Å². The molecule has 8 heteroatoms. The first-order valence-corrected chi connectivity index (χ1v) is 12.7. The largest absolute Gasteiger partial charge is 0.390 e. The van der Waals surface area contributed by atoms with E-state index in [1.807, 2.05) is 24.8 Å². The number of aromatic nitrogens is 1. The van der Waals surface area contributed by atoms with Crippen LogP contribution >= 0.6 is 0 Å². The van der Waals surface area contributed by atoms with Crippen LogP contribution in [0.25, 0.3) is 0 Å². The molecule has 3 heterocycles. The molecule has 0 bridgehead atoms. The lowest BCUT2D eigenvalue weighted by Crippen LogP contribution is -2.44. The molecule has 1 aromatic carbocycles. The first-order chi connectivity index (χ1) is 16.9. The fourth-order valence-corrected chi connectivity index (χ4v) is 4.85. The van der Waals surface area contributed by atoms with Crippen molar-refractivity contribution >= 4 is 17.6 Å². The van der Waals surface area contributed by atoms with Gasteiger partial charge in [0, 0.05) is 63.0 Å². The van der Waals surface area contributed by atoms with Crippen molar-refractivity contribution in [2.24, 2.45) is 5.92 Å². The van der Waals surface area contributed by atoms with E-state index in [1.165, 1.54) is 11.1 Å². The van der Waals surface area contributed by atoms with E-state index < -0.39 is 6.10 Å². The lowest BCUT2D eigenvalue weighted by atomic mass is 10.00. The summed E-state index contributed by atoms with van der Waals surface area (Å²) in [6.07, 6.45) is 3.67. The van der Waals surface area contributed by atoms with Crippen molar-refractivity contribution in [1.82, 2.24) is 20.1 Å². The second-order valence-corrected chi connectivity index (χ2v) is 9.95. The van der Waals surface area contributed by atoms with Crippen molar-refractivity contribution < 1.29 is 14.7 Å². The zero-order chi connectivity index (χ0) is 24.8. The van der Waals surface area contributed by atoms with Crippen molar-refractivity contribution in [3.05, 3.63) is 59.3 Å². The molecule has 1 aromatic heterocycles. The monoisotopic (exact) mass is 479 g/mol. The van der Waals surface area contributed by atoms with Crippen LogP contribution in [0.15, 0.2) is 42.6 Å². The van der Waals surface area contributed by atoms with Gasteiger partial charge in [0.15, 0.2) is 0 Å². The van der Waals surface area contributed by atoms with Crippen molar-refractivity contribution in [1.29, 1.82) is 0 Å². The number of amides is 2. The normalized spacial score (nSPS) is 17.7. The third-order valence-corrected chi connectivity index (χ3v) is 6.85. The summed E-state index contributed by atoms with van der Waals surface area (Å²) in [7, 11) is 0. The zero-order valence-electron chi connectivity index (χ0n) is 20.7. The van der Waals surface area contributed by atoms with Gasteiger partial charge in [-0.2, -0.15) is 0 Å². The molecular formula is C27H37N5O3. The van der Waals surface area contributed by atoms with Crippen LogP contribution in [-0.4, -0.2) is 76.6 Å². The summed E-state index contributed by atoms with van der Waals surface area (Å²) in [6.45, 7) is 7.78. The Balaban J connectivity index is 1.22. The van der Waals surface area contributed by atoms with Crippen LogP contribution in [0.5, 0.6) is 0 Å². The number of piperidine rings is 1. The van der Waals surface area contributed by atoms with Crippen molar-refractivity contribution in [3.63, 3.8) is 0 Å². The number of pyridine rings is 1. The Morgan fingerprint density at radius 3 is 2.60 bits per heavy atom. The van der Waals surface area contributed by atoms with Gasteiger partial charge < -0.3 is 20.6 Å². The number of carbonyl (C=O) groups is 2. The molecule has 0 radical (unpaired) electrons. The highest BCUT2D eigenvalue weighted by molar-refractivity contribution is 5.94. The highest BCUT2D eigenvalue weighted by Crippen LogP contribution is 2.19. The minimum Gasteiger partial charge on any atom is -0.390 e. The fourth-order valence-electron chi connectivity index (χ4n) is 4.85. The summed E-state index contributed by atoms with van der Waals surface area (Å²) in [5, 5.41) is 16.8. The second kappa shape index (κ2) is 11.6. The fraction of sp³-hybridized carbons (Fsp3) is 0.519. The highest BCUT2D eigenvalue weighted by atomic mass is 16.3. The summed E-state index contributed by atoms with van der Waals surface area (Å²) in [6, 6.07) is 12.1. The van der Waals surface area contributed by atoms with Crippen molar-refractivity contribution in [3.8, 4) is 0 Å². The van der Waals surface area contributed by atoms with Gasteiger partial charge in [-0.1, -0.05) is 38.1 Å². The van der Waals surface area contributed by atoms with E-state index in [1.54, 1.807) is 18.3 Å². The number of aliphatic hydroxyl groups is 1. The Labute approximate surface area is 207 Å². The Hall–Kier alpha value is -2.97. The van der Waals surface area contributed by atoms with Crippen molar-refractivity contribution in [2.75, 3.05) is 38.0 Å². The Morgan fingerprint density at radius 1 is 1.11 bits per heavy atom. The summed E-state index contributed by atoms with van der Waals surface area (Å²) < 4.78 is 0. The predicted octanol–water partition coefficient (Wildman–Crippen LogP) is 2.29. The smallest absolute Gasteiger partial charge is 0.251 e. The molecule has 1 fully saturated rings. The third kappa shape index (κ3) is 6.80. The van der Waals surface area contributed by atoms with Crippen LogP contribution in [0.3, 0.4) is 0 Å². The van der Waals surface area contributed by atoms with Gasteiger partial charge in [0.25, 0.3) is 5.91 Å². The number of nitrogens with zero attached hydrogens (tertiary/aromatic N) is 3. The van der Waals surface area contributed by atoms with Crippen LogP contribution in [-0.2, 0) is 17.8 Å². The molecule has 0 unspecified atom stereocenters. The summed E-state index contributed by atoms with van der Waals surface area (Å²) in [5.41, 5.74) is 3.20. The maximum atomic E-state index is 12.7. The van der Waals surface area contributed by atoms with E-state index >= 15 is 0 Å². The van der Waals surface area contributed by atoms with Gasteiger partial charge in [-0.25, -0.2) is 4.98 Å². The summed E-state index contributed by atoms with van der Waals surface area (Å²) in [5.74, 6) is 0.647. The molecule has 2 aromatic rings. The number of anilines is 1. The number of benzene rings is 1. The number of carbonyl (C=O) groups excluding carboxylic acids is 2. The molecule has 188 valence electrons. The van der Waals surface area contributed by atoms with Crippen LogP contribution in [0.4, 0.5) is 5.82 Å². The standard InChI is InChI=1S/C27H37N5O3/c1-19(2)27(35)32-13-9-23(10-14-32)30-25-15-21(7-11-28-25)26(34)29-16-24(33)18-31-12-8-20-5-3-4-6-22(20)17-31/h3-7,11,15,19,23-24,33H,8-10,12-14,16-18H2,1-2H3,(H,28,30)(H,29,34)/t24-/m0/s1. The van der Waals surface area contributed by atoms with Crippen LogP contribution in [0.2, 0.25) is 0 Å². The van der Waals surface area contributed by atoms with E-state index in [-0.39, 0.29) is 30.3 Å². The maximum Gasteiger partial charge on any atom is 0.251 e. The van der Waals surface area contributed by atoms with Crippen LogP contribution in [0, 0.1) is 5.92 Å². The SMILES string of the molecule is CC(C)C(=O)N1CCC(Nc2cc(C(=O)NC[C@H](O)CN3CCc4ccccc4C3)ccn2)CC1. The van der Waals surface area contributed by atoms with Gasteiger partial charge in [0.05, 0.1) is 6.10 Å². The van der Waals surface area contributed by atoms with E-state index in [4.69, 9.17) is 0 Å².